The molecular formula is C15H21NO3. The van der Waals surface area contributed by atoms with E-state index in [1.165, 1.54) is 18.2 Å². The minimum atomic E-state index is -0.594. The molecule has 1 aromatic rings. The molecule has 1 aromatic carbocycles. The second-order valence-corrected chi connectivity index (χ2v) is 4.87. The van der Waals surface area contributed by atoms with Crippen LogP contribution in [0.4, 0.5) is 0 Å². The van der Waals surface area contributed by atoms with E-state index in [9.17, 15) is 4.79 Å². The Hall–Kier alpha value is -1.39. The summed E-state index contributed by atoms with van der Waals surface area (Å²) in [4.78, 5) is 11.2. The van der Waals surface area contributed by atoms with Crippen LogP contribution in [0.25, 0.3) is 0 Å². The molecule has 0 aliphatic heterocycles. The molecule has 1 aliphatic rings. The van der Waals surface area contributed by atoms with E-state index in [4.69, 9.17) is 10.5 Å². The number of rotatable bonds is 5. The van der Waals surface area contributed by atoms with E-state index < -0.39 is 6.04 Å². The number of ether oxygens (including phenoxy) is 2. The molecule has 2 N–H and O–H groups in total. The number of hydrogen-bond donors (Lipinski definition) is 1. The van der Waals surface area contributed by atoms with Crippen LogP contribution in [0.3, 0.4) is 0 Å². The fourth-order valence-corrected chi connectivity index (χ4v) is 2.49. The number of methoxy groups -OCH3 is 1. The number of aryl methyl sites for hydroxylation is 1. The Bertz CT molecular complexity index is 433. The minimum Gasteiger partial charge on any atom is -0.468 e. The first kappa shape index (κ1) is 14.0. The Morgan fingerprint density at radius 1 is 1.47 bits per heavy atom. The van der Waals surface area contributed by atoms with Crippen LogP contribution in [0.5, 0.6) is 0 Å². The molecule has 2 rings (SSSR count). The van der Waals surface area contributed by atoms with Crippen molar-refractivity contribution in [2.45, 2.75) is 37.8 Å². The molecule has 104 valence electrons. The lowest BCUT2D eigenvalue weighted by Gasteiger charge is -2.26. The second kappa shape index (κ2) is 6.68. The molecule has 4 nitrogen and oxygen atoms in total. The summed E-state index contributed by atoms with van der Waals surface area (Å²) >= 11 is 0. The fourth-order valence-electron chi connectivity index (χ4n) is 2.49. The molecule has 0 amide bonds. The van der Waals surface area contributed by atoms with Crippen LogP contribution < -0.4 is 5.73 Å². The Morgan fingerprint density at radius 3 is 3.05 bits per heavy atom. The Morgan fingerprint density at radius 2 is 2.26 bits per heavy atom. The van der Waals surface area contributed by atoms with Crippen molar-refractivity contribution in [2.24, 2.45) is 5.73 Å². The van der Waals surface area contributed by atoms with Crippen molar-refractivity contribution in [1.82, 2.24) is 0 Å². The first-order valence-electron chi connectivity index (χ1n) is 6.75. The first-order chi connectivity index (χ1) is 9.22. The monoisotopic (exact) mass is 263 g/mol. The van der Waals surface area contributed by atoms with Gasteiger partial charge in [-0.15, -0.1) is 0 Å². The summed E-state index contributed by atoms with van der Waals surface area (Å²) in [5.41, 5.74) is 8.33. The highest BCUT2D eigenvalue weighted by Gasteiger charge is 2.21. The van der Waals surface area contributed by atoms with Gasteiger partial charge in [0, 0.05) is 6.61 Å². The molecule has 19 heavy (non-hydrogen) atoms. The van der Waals surface area contributed by atoms with Gasteiger partial charge in [-0.2, -0.15) is 0 Å². The van der Waals surface area contributed by atoms with Crippen LogP contribution in [0.15, 0.2) is 24.3 Å². The lowest BCUT2D eigenvalue weighted by molar-refractivity contribution is -0.142. The number of nitrogens with two attached hydrogens (primary N) is 1. The van der Waals surface area contributed by atoms with Gasteiger partial charge >= 0.3 is 5.97 Å². The van der Waals surface area contributed by atoms with Gasteiger partial charge in [-0.1, -0.05) is 24.3 Å². The van der Waals surface area contributed by atoms with Crippen LogP contribution in [0.2, 0.25) is 0 Å². The zero-order chi connectivity index (χ0) is 13.7. The topological polar surface area (TPSA) is 61.5 Å². The van der Waals surface area contributed by atoms with Gasteiger partial charge in [0.15, 0.2) is 0 Å². The summed E-state index contributed by atoms with van der Waals surface area (Å²) in [6, 6.07) is 7.79. The van der Waals surface area contributed by atoms with Crippen molar-refractivity contribution in [2.75, 3.05) is 13.7 Å². The third-order valence-electron chi connectivity index (χ3n) is 3.57. The van der Waals surface area contributed by atoms with Crippen LogP contribution in [-0.2, 0) is 20.7 Å². The minimum absolute atomic E-state index is 0.134. The summed E-state index contributed by atoms with van der Waals surface area (Å²) in [6.45, 7) is 0.481. The van der Waals surface area contributed by atoms with E-state index in [2.05, 4.69) is 22.9 Å². The number of hydrogen-bond acceptors (Lipinski definition) is 4. The molecular weight excluding hydrogens is 242 g/mol. The lowest BCUT2D eigenvalue weighted by atomic mass is 9.89. The summed E-state index contributed by atoms with van der Waals surface area (Å²) in [5, 5.41) is 0. The Balaban J connectivity index is 1.86. The molecule has 0 bridgehead atoms. The van der Waals surface area contributed by atoms with Crippen molar-refractivity contribution in [1.29, 1.82) is 0 Å². The second-order valence-electron chi connectivity index (χ2n) is 4.87. The van der Waals surface area contributed by atoms with Crippen LogP contribution in [-0.4, -0.2) is 25.7 Å². The van der Waals surface area contributed by atoms with Gasteiger partial charge in [-0.05, 0) is 36.8 Å². The van der Waals surface area contributed by atoms with Gasteiger partial charge in [0.25, 0.3) is 0 Å². The predicted molar refractivity (Wildman–Crippen MR) is 72.7 cm³/mol. The van der Waals surface area contributed by atoms with E-state index in [0.29, 0.717) is 13.0 Å². The molecule has 4 heteroatoms. The summed E-state index contributed by atoms with van der Waals surface area (Å²) < 4.78 is 10.5. The molecule has 1 aliphatic carbocycles. The molecule has 0 radical (unpaired) electrons. The highest BCUT2D eigenvalue weighted by molar-refractivity contribution is 5.75. The van der Waals surface area contributed by atoms with Gasteiger partial charge in [-0.3, -0.25) is 4.79 Å². The van der Waals surface area contributed by atoms with Gasteiger partial charge in [0.1, 0.15) is 6.04 Å². The molecule has 2 atom stereocenters. The van der Waals surface area contributed by atoms with Gasteiger partial charge < -0.3 is 15.2 Å². The summed E-state index contributed by atoms with van der Waals surface area (Å²) in [5.74, 6) is -0.382. The van der Waals surface area contributed by atoms with Gasteiger partial charge in [0.2, 0.25) is 0 Å². The maximum Gasteiger partial charge on any atom is 0.322 e. The number of fused-ring (bicyclic) bond motifs is 1. The summed E-state index contributed by atoms with van der Waals surface area (Å²) in [7, 11) is 1.35. The van der Waals surface area contributed by atoms with Crippen molar-refractivity contribution in [3.63, 3.8) is 0 Å². The number of carbonyl (C=O) groups is 1. The summed E-state index contributed by atoms with van der Waals surface area (Å²) in [6.07, 6.45) is 3.92. The Kier molecular flexibility index (Phi) is 4.93. The van der Waals surface area contributed by atoms with Crippen LogP contribution >= 0.6 is 0 Å². The first-order valence-corrected chi connectivity index (χ1v) is 6.75. The molecule has 0 fully saturated rings. The van der Waals surface area contributed by atoms with E-state index in [0.717, 1.165) is 19.3 Å². The van der Waals surface area contributed by atoms with E-state index in [1.54, 1.807) is 0 Å². The molecule has 0 heterocycles. The number of benzene rings is 1. The van der Waals surface area contributed by atoms with Crippen molar-refractivity contribution in [3.05, 3.63) is 35.4 Å². The molecule has 0 aromatic heterocycles. The molecule has 0 saturated carbocycles. The third-order valence-corrected chi connectivity index (χ3v) is 3.57. The standard InChI is InChI=1S/C15H21NO3/c1-18-15(17)13(16)9-10-19-14-8-4-6-11-5-2-3-7-12(11)14/h2-3,5,7,13-14H,4,6,8-10,16H2,1H3. The molecule has 2 unspecified atom stereocenters. The fraction of sp³-hybridized carbons (Fsp3) is 0.533. The van der Waals surface area contributed by atoms with Crippen molar-refractivity contribution in [3.8, 4) is 0 Å². The van der Waals surface area contributed by atoms with Gasteiger partial charge in [0.05, 0.1) is 13.2 Å². The largest absolute Gasteiger partial charge is 0.468 e. The normalized spacial score (nSPS) is 19.6. The highest BCUT2D eigenvalue weighted by Crippen LogP contribution is 2.32. The number of carbonyl (C=O) groups excluding carboxylic acids is 1. The average molecular weight is 263 g/mol. The quantitative estimate of drug-likeness (QED) is 0.825. The maximum atomic E-state index is 11.2. The average Bonchev–Trinajstić information content (AvgIpc) is 2.46. The Labute approximate surface area is 113 Å². The third kappa shape index (κ3) is 3.55. The lowest BCUT2D eigenvalue weighted by Crippen LogP contribution is -2.33. The SMILES string of the molecule is COC(=O)C(N)CCOC1CCCc2ccccc21. The van der Waals surface area contributed by atoms with Crippen LogP contribution in [0, 0.1) is 0 Å². The van der Waals surface area contributed by atoms with E-state index in [1.807, 2.05) is 6.07 Å². The van der Waals surface area contributed by atoms with Crippen LogP contribution in [0.1, 0.15) is 36.5 Å². The maximum absolute atomic E-state index is 11.2. The van der Waals surface area contributed by atoms with Crippen molar-refractivity contribution >= 4 is 5.97 Å². The molecule has 0 spiro atoms. The highest BCUT2D eigenvalue weighted by atomic mass is 16.5. The molecule has 0 saturated heterocycles. The zero-order valence-corrected chi connectivity index (χ0v) is 11.3. The predicted octanol–water partition coefficient (Wildman–Crippen LogP) is 1.97. The zero-order valence-electron chi connectivity index (χ0n) is 11.3. The van der Waals surface area contributed by atoms with E-state index >= 15 is 0 Å². The van der Waals surface area contributed by atoms with Crippen molar-refractivity contribution < 1.29 is 14.3 Å². The van der Waals surface area contributed by atoms with E-state index in [-0.39, 0.29) is 12.1 Å². The smallest absolute Gasteiger partial charge is 0.322 e. The number of esters is 1. The van der Waals surface area contributed by atoms with Gasteiger partial charge in [-0.25, -0.2) is 0 Å².